The van der Waals surface area contributed by atoms with Gasteiger partial charge in [-0.15, -0.1) is 5.10 Å². The number of halogens is 1. The largest absolute Gasteiger partial charge is 0.481 e. The highest BCUT2D eigenvalue weighted by molar-refractivity contribution is 9.10. The molecule has 0 aliphatic rings. The van der Waals surface area contributed by atoms with Gasteiger partial charge in [0, 0.05) is 10.5 Å². The molecule has 0 saturated carbocycles. The maximum absolute atomic E-state index is 5.45. The summed E-state index contributed by atoms with van der Waals surface area (Å²) in [7, 11) is 1.57. The van der Waals surface area contributed by atoms with Gasteiger partial charge in [0.05, 0.1) is 7.11 Å². The lowest BCUT2D eigenvalue weighted by Crippen LogP contribution is -1.96. The summed E-state index contributed by atoms with van der Waals surface area (Å²) in [5, 5.41) is 3.96. The monoisotopic (exact) mass is 242 g/mol. The highest BCUT2D eigenvalue weighted by Crippen LogP contribution is 2.20. The molecule has 0 radical (unpaired) electrons. The fourth-order valence-corrected chi connectivity index (χ4v) is 1.49. The van der Waals surface area contributed by atoms with Crippen LogP contribution < -0.4 is 10.5 Å². The van der Waals surface area contributed by atoms with Crippen LogP contribution in [0.4, 0.5) is 5.95 Å². The Balaban J connectivity index is 2.80. The molecule has 0 aliphatic carbocycles. The van der Waals surface area contributed by atoms with E-state index in [0.717, 1.165) is 4.47 Å². The number of nitrogens with zero attached hydrogens (tertiary/aromatic N) is 3. The first-order valence-electron chi connectivity index (χ1n) is 3.56. The maximum atomic E-state index is 5.45. The molecule has 0 aliphatic heterocycles. The minimum absolute atomic E-state index is 0.233. The second-order valence-corrected chi connectivity index (χ2v) is 3.37. The lowest BCUT2D eigenvalue weighted by molar-refractivity contribution is 0.385. The predicted octanol–water partition coefficient (Wildman–Crippen LogP) is 1.08. The number of nitrogen functional groups attached to an aromatic ring is 1. The summed E-state index contributed by atoms with van der Waals surface area (Å²) >= 11 is 3.33. The Bertz CT molecular complexity index is 453. The number of hydrogen-bond acceptors (Lipinski definition) is 4. The molecule has 6 heteroatoms. The van der Waals surface area contributed by atoms with Crippen molar-refractivity contribution >= 4 is 27.5 Å². The lowest BCUT2D eigenvalue weighted by Gasteiger charge is -2.01. The second-order valence-electron chi connectivity index (χ2n) is 2.46. The van der Waals surface area contributed by atoms with E-state index in [4.69, 9.17) is 10.5 Å². The predicted molar refractivity (Wildman–Crippen MR) is 51.7 cm³/mol. The molecule has 2 N–H and O–H groups in total. The number of ether oxygens (including phenoxy) is 1. The zero-order valence-corrected chi connectivity index (χ0v) is 8.45. The van der Waals surface area contributed by atoms with Crippen LogP contribution in [0.2, 0.25) is 0 Å². The first kappa shape index (κ1) is 8.31. The third kappa shape index (κ3) is 1.33. The van der Waals surface area contributed by atoms with Gasteiger partial charge in [0.15, 0.2) is 5.65 Å². The minimum Gasteiger partial charge on any atom is -0.481 e. The summed E-state index contributed by atoms with van der Waals surface area (Å²) in [6, 6.07) is 3.60. The molecular formula is C7H7BrN4O. The second kappa shape index (κ2) is 2.88. The number of rotatable bonds is 1. The van der Waals surface area contributed by atoms with Gasteiger partial charge in [0.2, 0.25) is 11.8 Å². The van der Waals surface area contributed by atoms with E-state index < -0.39 is 0 Å². The van der Waals surface area contributed by atoms with Crippen LogP contribution in [0.3, 0.4) is 0 Å². The van der Waals surface area contributed by atoms with E-state index in [0.29, 0.717) is 11.5 Å². The minimum atomic E-state index is 0.233. The van der Waals surface area contributed by atoms with E-state index in [1.54, 1.807) is 17.7 Å². The van der Waals surface area contributed by atoms with E-state index in [1.807, 2.05) is 6.07 Å². The van der Waals surface area contributed by atoms with E-state index in [1.165, 1.54) is 0 Å². The first-order valence-corrected chi connectivity index (χ1v) is 4.36. The van der Waals surface area contributed by atoms with Crippen LogP contribution in [0, 0.1) is 0 Å². The van der Waals surface area contributed by atoms with Crippen molar-refractivity contribution in [3.05, 3.63) is 16.6 Å². The maximum Gasteiger partial charge on any atom is 0.240 e. The zero-order valence-electron chi connectivity index (χ0n) is 6.86. The van der Waals surface area contributed by atoms with Crippen LogP contribution in [-0.2, 0) is 0 Å². The van der Waals surface area contributed by atoms with Crippen LogP contribution in [0.15, 0.2) is 16.6 Å². The number of anilines is 1. The third-order valence-electron chi connectivity index (χ3n) is 1.59. The van der Waals surface area contributed by atoms with Crippen molar-refractivity contribution in [2.24, 2.45) is 0 Å². The van der Waals surface area contributed by atoms with Gasteiger partial charge in [-0.2, -0.15) is 9.50 Å². The molecule has 2 aromatic heterocycles. The lowest BCUT2D eigenvalue weighted by atomic mass is 10.5. The molecule has 5 nitrogen and oxygen atoms in total. The number of fused-ring (bicyclic) bond motifs is 1. The highest BCUT2D eigenvalue weighted by Gasteiger charge is 2.06. The Morgan fingerprint density at radius 1 is 1.54 bits per heavy atom. The summed E-state index contributed by atoms with van der Waals surface area (Å²) in [6.07, 6.45) is 0. The van der Waals surface area contributed by atoms with Crippen LogP contribution in [0.25, 0.3) is 5.65 Å². The summed E-state index contributed by atoms with van der Waals surface area (Å²) in [4.78, 5) is 4.00. The summed E-state index contributed by atoms with van der Waals surface area (Å²) in [5.41, 5.74) is 6.11. The van der Waals surface area contributed by atoms with Gasteiger partial charge in [-0.05, 0) is 6.07 Å². The van der Waals surface area contributed by atoms with Crippen molar-refractivity contribution in [2.45, 2.75) is 0 Å². The molecule has 0 bridgehead atoms. The molecule has 2 aromatic rings. The summed E-state index contributed by atoms with van der Waals surface area (Å²) in [5.74, 6) is 0.824. The number of nitrogens with two attached hydrogens (primary N) is 1. The fraction of sp³-hybridized carbons (Fsp3) is 0.143. The van der Waals surface area contributed by atoms with Gasteiger partial charge in [0.1, 0.15) is 0 Å². The van der Waals surface area contributed by atoms with Crippen LogP contribution in [0.5, 0.6) is 5.88 Å². The zero-order chi connectivity index (χ0) is 9.42. The van der Waals surface area contributed by atoms with Gasteiger partial charge >= 0.3 is 0 Å². The number of aromatic nitrogens is 3. The van der Waals surface area contributed by atoms with Gasteiger partial charge in [0.25, 0.3) is 0 Å². The molecule has 0 aromatic carbocycles. The Labute approximate surface area is 82.6 Å². The van der Waals surface area contributed by atoms with Crippen molar-refractivity contribution in [1.29, 1.82) is 0 Å². The average Bonchev–Trinajstić information content (AvgIpc) is 2.43. The van der Waals surface area contributed by atoms with Gasteiger partial charge < -0.3 is 10.5 Å². The van der Waals surface area contributed by atoms with Gasteiger partial charge in [-0.1, -0.05) is 15.9 Å². The molecule has 68 valence electrons. The molecule has 0 amide bonds. The fourth-order valence-electron chi connectivity index (χ4n) is 1.09. The van der Waals surface area contributed by atoms with Crippen molar-refractivity contribution in [3.63, 3.8) is 0 Å². The Kier molecular flexibility index (Phi) is 1.84. The molecular weight excluding hydrogens is 236 g/mol. The average molecular weight is 243 g/mol. The number of pyridine rings is 1. The molecule has 0 unspecified atom stereocenters. The quantitative estimate of drug-likeness (QED) is 0.813. The van der Waals surface area contributed by atoms with Gasteiger partial charge in [-0.25, -0.2) is 0 Å². The molecule has 0 atom stereocenters. The number of hydrogen-bond donors (Lipinski definition) is 1. The Hall–Kier alpha value is -1.30. The van der Waals surface area contributed by atoms with Crippen molar-refractivity contribution in [1.82, 2.24) is 14.6 Å². The van der Waals surface area contributed by atoms with Crippen LogP contribution >= 0.6 is 15.9 Å². The molecule has 2 rings (SSSR count). The highest BCUT2D eigenvalue weighted by atomic mass is 79.9. The summed E-state index contributed by atoms with van der Waals surface area (Å²) in [6.45, 7) is 0. The first-order chi connectivity index (χ1) is 6.20. The normalized spacial score (nSPS) is 10.6. The van der Waals surface area contributed by atoms with Crippen LogP contribution in [0.1, 0.15) is 0 Å². The van der Waals surface area contributed by atoms with E-state index in [2.05, 4.69) is 26.0 Å². The smallest absolute Gasteiger partial charge is 0.240 e. The van der Waals surface area contributed by atoms with Gasteiger partial charge in [-0.3, -0.25) is 0 Å². The topological polar surface area (TPSA) is 65.4 Å². The Morgan fingerprint density at radius 3 is 3.00 bits per heavy atom. The van der Waals surface area contributed by atoms with E-state index >= 15 is 0 Å². The molecule has 13 heavy (non-hydrogen) atoms. The number of methoxy groups -OCH3 is 1. The Morgan fingerprint density at radius 2 is 2.31 bits per heavy atom. The molecule has 0 spiro atoms. The molecule has 2 heterocycles. The molecule has 0 saturated heterocycles. The molecule has 0 fully saturated rings. The van der Waals surface area contributed by atoms with Crippen LogP contribution in [-0.4, -0.2) is 21.7 Å². The standard InChI is InChI=1S/C7H7BrN4O/c1-13-6-3-4(8)2-5-10-7(9)11-12(5)6/h2-3H,1H3,(H2,9,11). The van der Waals surface area contributed by atoms with E-state index in [-0.39, 0.29) is 5.95 Å². The van der Waals surface area contributed by atoms with Crippen molar-refractivity contribution in [3.8, 4) is 5.88 Å². The van der Waals surface area contributed by atoms with Crippen molar-refractivity contribution in [2.75, 3.05) is 12.8 Å². The summed E-state index contributed by atoms with van der Waals surface area (Å²) < 4.78 is 7.52. The SMILES string of the molecule is COc1cc(Br)cc2nc(N)nn12. The van der Waals surface area contributed by atoms with E-state index in [9.17, 15) is 0 Å². The third-order valence-corrected chi connectivity index (χ3v) is 2.05. The van der Waals surface area contributed by atoms with Crippen molar-refractivity contribution < 1.29 is 4.74 Å².